The Balaban J connectivity index is 1.72. The Morgan fingerprint density at radius 3 is 1.57 bits per heavy atom. The van der Waals surface area contributed by atoms with E-state index in [0.717, 1.165) is 18.4 Å². The van der Waals surface area contributed by atoms with Gasteiger partial charge >= 0.3 is 0 Å². The molecule has 2 aromatic rings. The summed E-state index contributed by atoms with van der Waals surface area (Å²) in [5, 5.41) is 8.77. The van der Waals surface area contributed by atoms with Crippen LogP contribution in [0.2, 0.25) is 0 Å². The highest BCUT2D eigenvalue weighted by Gasteiger charge is 1.97. The van der Waals surface area contributed by atoms with Gasteiger partial charge < -0.3 is 0 Å². The minimum absolute atomic E-state index is 0.742. The standard InChI is InChI=1S/C20H23N/c1-2-5-17-8-10-18(11-9-17)6-3-4-7-19-12-14-20(16-21)15-13-19/h8-15H,2-7H2,1H3. The first-order chi connectivity index (χ1) is 10.3. The monoisotopic (exact) mass is 277 g/mol. The number of nitrogens with zero attached hydrogens (tertiary/aromatic N) is 1. The van der Waals surface area contributed by atoms with E-state index in [1.807, 2.05) is 12.1 Å². The number of nitriles is 1. The number of hydrogen-bond acceptors (Lipinski definition) is 1. The smallest absolute Gasteiger partial charge is 0.0991 e. The van der Waals surface area contributed by atoms with Gasteiger partial charge in [-0.3, -0.25) is 0 Å². The van der Waals surface area contributed by atoms with Crippen LogP contribution in [0.25, 0.3) is 0 Å². The van der Waals surface area contributed by atoms with Gasteiger partial charge in [-0.25, -0.2) is 0 Å². The van der Waals surface area contributed by atoms with Crippen molar-refractivity contribution in [3.8, 4) is 6.07 Å². The molecule has 0 spiro atoms. The summed E-state index contributed by atoms with van der Waals surface area (Å²) in [5.41, 5.74) is 4.95. The van der Waals surface area contributed by atoms with E-state index in [4.69, 9.17) is 5.26 Å². The maximum atomic E-state index is 8.77. The van der Waals surface area contributed by atoms with Crippen molar-refractivity contribution in [3.05, 3.63) is 70.8 Å². The Bertz CT molecular complexity index is 573. The Morgan fingerprint density at radius 1 is 0.714 bits per heavy atom. The van der Waals surface area contributed by atoms with E-state index >= 15 is 0 Å². The normalized spacial score (nSPS) is 10.3. The molecule has 1 heteroatoms. The van der Waals surface area contributed by atoms with Crippen molar-refractivity contribution in [2.24, 2.45) is 0 Å². The van der Waals surface area contributed by atoms with Crippen LogP contribution in [-0.4, -0.2) is 0 Å². The third-order valence-electron chi connectivity index (χ3n) is 3.83. The van der Waals surface area contributed by atoms with E-state index in [9.17, 15) is 0 Å². The molecular formula is C20H23N. The Kier molecular flexibility index (Phi) is 6.03. The highest BCUT2D eigenvalue weighted by molar-refractivity contribution is 5.31. The average molecular weight is 277 g/mol. The zero-order valence-corrected chi connectivity index (χ0v) is 12.8. The molecule has 0 saturated heterocycles. The lowest BCUT2D eigenvalue weighted by Crippen LogP contribution is -1.91. The summed E-state index contributed by atoms with van der Waals surface area (Å²) >= 11 is 0. The fourth-order valence-electron chi connectivity index (χ4n) is 2.57. The predicted octanol–water partition coefficient (Wildman–Crippen LogP) is 5.08. The van der Waals surface area contributed by atoms with Gasteiger partial charge in [0, 0.05) is 0 Å². The molecule has 2 rings (SSSR count). The summed E-state index contributed by atoms with van der Waals surface area (Å²) in [5.74, 6) is 0. The molecule has 21 heavy (non-hydrogen) atoms. The molecule has 1 nitrogen and oxygen atoms in total. The van der Waals surface area contributed by atoms with Crippen LogP contribution in [0.4, 0.5) is 0 Å². The number of unbranched alkanes of at least 4 members (excludes halogenated alkanes) is 1. The Morgan fingerprint density at radius 2 is 1.14 bits per heavy atom. The fraction of sp³-hybridized carbons (Fsp3) is 0.350. The van der Waals surface area contributed by atoms with Crippen LogP contribution in [0, 0.1) is 11.3 Å². The van der Waals surface area contributed by atoms with E-state index in [2.05, 4.69) is 49.4 Å². The predicted molar refractivity (Wildman–Crippen MR) is 88.2 cm³/mol. The van der Waals surface area contributed by atoms with Crippen molar-refractivity contribution in [2.75, 3.05) is 0 Å². The molecule has 0 amide bonds. The maximum absolute atomic E-state index is 8.77. The average Bonchev–Trinajstić information content (AvgIpc) is 2.54. The molecule has 108 valence electrons. The van der Waals surface area contributed by atoms with Crippen LogP contribution in [0.15, 0.2) is 48.5 Å². The van der Waals surface area contributed by atoms with Gasteiger partial charge in [-0.1, -0.05) is 49.7 Å². The molecule has 0 saturated carbocycles. The van der Waals surface area contributed by atoms with Gasteiger partial charge in [0.2, 0.25) is 0 Å². The molecule has 0 aliphatic rings. The summed E-state index contributed by atoms with van der Waals surface area (Å²) in [4.78, 5) is 0. The summed E-state index contributed by atoms with van der Waals surface area (Å²) in [7, 11) is 0. The van der Waals surface area contributed by atoms with E-state index in [1.165, 1.54) is 42.4 Å². The minimum atomic E-state index is 0.742. The van der Waals surface area contributed by atoms with Crippen molar-refractivity contribution in [2.45, 2.75) is 45.4 Å². The third-order valence-corrected chi connectivity index (χ3v) is 3.83. The van der Waals surface area contributed by atoms with Crippen molar-refractivity contribution in [1.29, 1.82) is 5.26 Å². The molecule has 0 N–H and O–H groups in total. The molecule has 0 fully saturated rings. The van der Waals surface area contributed by atoms with Crippen LogP contribution in [0.5, 0.6) is 0 Å². The maximum Gasteiger partial charge on any atom is 0.0991 e. The van der Waals surface area contributed by atoms with Gasteiger partial charge in [0.05, 0.1) is 11.6 Å². The van der Waals surface area contributed by atoms with Crippen LogP contribution in [0.3, 0.4) is 0 Å². The van der Waals surface area contributed by atoms with Crippen LogP contribution in [-0.2, 0) is 19.3 Å². The molecule has 0 bridgehead atoms. The van der Waals surface area contributed by atoms with Crippen LogP contribution in [0.1, 0.15) is 48.4 Å². The second kappa shape index (κ2) is 8.27. The van der Waals surface area contributed by atoms with E-state index in [0.29, 0.717) is 0 Å². The molecule has 0 unspecified atom stereocenters. The molecule has 0 radical (unpaired) electrons. The summed E-state index contributed by atoms with van der Waals surface area (Å²) in [6.45, 7) is 2.22. The fourth-order valence-corrected chi connectivity index (χ4v) is 2.57. The summed E-state index contributed by atoms with van der Waals surface area (Å²) < 4.78 is 0. The zero-order chi connectivity index (χ0) is 14.9. The van der Waals surface area contributed by atoms with Gasteiger partial charge in [0.15, 0.2) is 0 Å². The van der Waals surface area contributed by atoms with Crippen molar-refractivity contribution >= 4 is 0 Å². The van der Waals surface area contributed by atoms with Gasteiger partial charge in [0.25, 0.3) is 0 Å². The number of hydrogen-bond donors (Lipinski definition) is 0. The van der Waals surface area contributed by atoms with E-state index in [-0.39, 0.29) is 0 Å². The molecule has 0 aliphatic heterocycles. The summed E-state index contributed by atoms with van der Waals surface area (Å²) in [6.07, 6.45) is 7.06. The topological polar surface area (TPSA) is 23.8 Å². The molecule has 0 aromatic heterocycles. The van der Waals surface area contributed by atoms with Gasteiger partial charge in [-0.05, 0) is 60.9 Å². The Labute approximate surface area is 128 Å². The Hall–Kier alpha value is -2.07. The third kappa shape index (κ3) is 5.08. The lowest BCUT2D eigenvalue weighted by Gasteiger charge is -2.04. The first-order valence-corrected chi connectivity index (χ1v) is 7.88. The SMILES string of the molecule is CCCc1ccc(CCCCc2ccc(C#N)cc2)cc1. The van der Waals surface area contributed by atoms with Crippen LogP contribution >= 0.6 is 0 Å². The lowest BCUT2D eigenvalue weighted by molar-refractivity contribution is 0.734. The van der Waals surface area contributed by atoms with Gasteiger partial charge in [-0.15, -0.1) is 0 Å². The van der Waals surface area contributed by atoms with Crippen molar-refractivity contribution in [3.63, 3.8) is 0 Å². The molecule has 2 aromatic carbocycles. The lowest BCUT2D eigenvalue weighted by atomic mass is 10.0. The minimum Gasteiger partial charge on any atom is -0.192 e. The van der Waals surface area contributed by atoms with E-state index < -0.39 is 0 Å². The second-order valence-electron chi connectivity index (χ2n) is 5.58. The number of rotatable bonds is 7. The van der Waals surface area contributed by atoms with E-state index in [1.54, 1.807) is 0 Å². The summed E-state index contributed by atoms with van der Waals surface area (Å²) in [6, 6.07) is 19.2. The van der Waals surface area contributed by atoms with Crippen LogP contribution < -0.4 is 0 Å². The number of aryl methyl sites for hydroxylation is 3. The van der Waals surface area contributed by atoms with Crippen molar-refractivity contribution in [1.82, 2.24) is 0 Å². The largest absolute Gasteiger partial charge is 0.192 e. The first-order valence-electron chi connectivity index (χ1n) is 7.88. The van der Waals surface area contributed by atoms with Gasteiger partial charge in [-0.2, -0.15) is 5.26 Å². The zero-order valence-electron chi connectivity index (χ0n) is 12.8. The van der Waals surface area contributed by atoms with Crippen molar-refractivity contribution < 1.29 is 0 Å². The first kappa shape index (κ1) is 15.3. The molecular weight excluding hydrogens is 254 g/mol. The second-order valence-corrected chi connectivity index (χ2v) is 5.58. The molecule has 0 atom stereocenters. The molecule has 0 aliphatic carbocycles. The molecule has 0 heterocycles. The quantitative estimate of drug-likeness (QED) is 0.648. The highest BCUT2D eigenvalue weighted by Crippen LogP contribution is 2.12. The van der Waals surface area contributed by atoms with Gasteiger partial charge in [0.1, 0.15) is 0 Å². The number of benzene rings is 2. The highest BCUT2D eigenvalue weighted by atomic mass is 14.2.